The molecule has 0 aromatic carbocycles. The largest absolute Gasteiger partial charge is 0.481 e. The highest BCUT2D eigenvalue weighted by Crippen LogP contribution is 2.18. The van der Waals surface area contributed by atoms with E-state index in [4.69, 9.17) is 5.11 Å². The smallest absolute Gasteiger partial charge is 0.308 e. The minimum absolute atomic E-state index is 0.00107. The van der Waals surface area contributed by atoms with Gasteiger partial charge in [-0.3, -0.25) is 4.79 Å². The first-order valence-electron chi connectivity index (χ1n) is 6.00. The van der Waals surface area contributed by atoms with E-state index in [1.165, 1.54) is 18.3 Å². The Labute approximate surface area is 116 Å². The van der Waals surface area contributed by atoms with E-state index < -0.39 is 24.1 Å². The second-order valence-electron chi connectivity index (χ2n) is 4.63. The first-order chi connectivity index (χ1) is 8.81. The molecule has 0 saturated carbocycles. The van der Waals surface area contributed by atoms with Crippen molar-refractivity contribution in [2.75, 3.05) is 0 Å². The number of rotatable bonds is 6. The van der Waals surface area contributed by atoms with Crippen molar-refractivity contribution in [2.24, 2.45) is 5.92 Å². The number of hydrogen-bond donors (Lipinski definition) is 3. The molecule has 0 bridgehead atoms. The molecule has 19 heavy (non-hydrogen) atoms. The molecule has 6 heteroatoms. The lowest BCUT2D eigenvalue weighted by Crippen LogP contribution is -2.29. The van der Waals surface area contributed by atoms with Gasteiger partial charge in [-0.25, -0.2) is 4.98 Å². The van der Waals surface area contributed by atoms with Crippen molar-refractivity contribution in [3.05, 3.63) is 21.7 Å². The Balaban J connectivity index is 2.64. The molecule has 1 aromatic rings. The summed E-state index contributed by atoms with van der Waals surface area (Å²) in [4.78, 5) is 15.0. The zero-order valence-electron chi connectivity index (χ0n) is 11.2. The van der Waals surface area contributed by atoms with Crippen LogP contribution in [0.3, 0.4) is 0 Å². The fourth-order valence-corrected chi connectivity index (χ4v) is 2.13. The van der Waals surface area contributed by atoms with E-state index >= 15 is 0 Å². The maximum absolute atomic E-state index is 10.7. The molecule has 1 heterocycles. The first-order valence-corrected chi connectivity index (χ1v) is 6.88. The number of hydrogen-bond acceptors (Lipinski definition) is 5. The molecule has 0 radical (unpaired) electrons. The van der Waals surface area contributed by atoms with E-state index in [1.54, 1.807) is 13.0 Å². The van der Waals surface area contributed by atoms with Gasteiger partial charge in [-0.15, -0.1) is 11.3 Å². The van der Waals surface area contributed by atoms with Gasteiger partial charge < -0.3 is 15.3 Å². The van der Waals surface area contributed by atoms with E-state index in [2.05, 4.69) is 4.98 Å². The third-order valence-electron chi connectivity index (χ3n) is 2.97. The number of nitrogens with zero attached hydrogens (tertiary/aromatic N) is 1. The third-order valence-corrected chi connectivity index (χ3v) is 3.76. The quantitative estimate of drug-likeness (QED) is 0.740. The van der Waals surface area contributed by atoms with Crippen molar-refractivity contribution in [3.8, 4) is 0 Å². The number of aromatic nitrogens is 1. The van der Waals surface area contributed by atoms with Crippen LogP contribution in [0.5, 0.6) is 0 Å². The summed E-state index contributed by atoms with van der Waals surface area (Å²) in [6, 6.07) is 0. The van der Waals surface area contributed by atoms with Crippen LogP contribution in [0.4, 0.5) is 0 Å². The van der Waals surface area contributed by atoms with Crippen LogP contribution in [-0.4, -0.2) is 38.5 Å². The Kier molecular flexibility index (Phi) is 5.65. The molecule has 5 nitrogen and oxygen atoms in total. The summed E-state index contributed by atoms with van der Waals surface area (Å²) < 4.78 is 0. The number of carbonyl (C=O) groups is 1. The van der Waals surface area contributed by atoms with Gasteiger partial charge in [-0.1, -0.05) is 0 Å². The summed E-state index contributed by atoms with van der Waals surface area (Å²) in [5, 5.41) is 31.2. The summed E-state index contributed by atoms with van der Waals surface area (Å²) in [6.45, 7) is 5.05. The van der Waals surface area contributed by atoms with Gasteiger partial charge in [0.25, 0.3) is 0 Å². The van der Waals surface area contributed by atoms with Crippen LogP contribution in [0.15, 0.2) is 11.0 Å². The van der Waals surface area contributed by atoms with Gasteiger partial charge in [0.05, 0.1) is 28.8 Å². The molecule has 0 saturated heterocycles. The molecule has 0 aliphatic carbocycles. The molecule has 3 unspecified atom stereocenters. The maximum Gasteiger partial charge on any atom is 0.308 e. The lowest BCUT2D eigenvalue weighted by molar-refractivity contribution is -0.145. The van der Waals surface area contributed by atoms with Gasteiger partial charge in [0.15, 0.2) is 0 Å². The van der Waals surface area contributed by atoms with Crippen molar-refractivity contribution in [1.82, 2.24) is 4.98 Å². The molecule has 3 atom stereocenters. The number of carboxylic acids is 1. The number of aliphatic hydroxyl groups is 2. The molecule has 1 rings (SSSR count). The van der Waals surface area contributed by atoms with Crippen LogP contribution in [-0.2, 0) is 4.79 Å². The molecule has 3 N–H and O–H groups in total. The maximum atomic E-state index is 10.7. The Morgan fingerprint density at radius 1 is 1.53 bits per heavy atom. The summed E-state index contributed by atoms with van der Waals surface area (Å²) in [5.41, 5.74) is 1.42. The van der Waals surface area contributed by atoms with Crippen LogP contribution >= 0.6 is 11.3 Å². The number of aliphatic hydroxyl groups excluding tert-OH is 2. The third kappa shape index (κ3) is 4.74. The molecule has 0 spiro atoms. The van der Waals surface area contributed by atoms with Gasteiger partial charge in [-0.05, 0) is 32.4 Å². The Morgan fingerprint density at radius 2 is 2.16 bits per heavy atom. The van der Waals surface area contributed by atoms with Crippen molar-refractivity contribution in [3.63, 3.8) is 0 Å². The lowest BCUT2D eigenvalue weighted by atomic mass is 9.96. The fraction of sp³-hybridized carbons (Fsp3) is 0.538. The monoisotopic (exact) mass is 285 g/mol. The molecule has 106 valence electrons. The van der Waals surface area contributed by atoms with Crippen molar-refractivity contribution in [2.45, 2.75) is 39.4 Å². The predicted octanol–water partition coefficient (Wildman–Crippen LogP) is 1.69. The van der Waals surface area contributed by atoms with E-state index in [9.17, 15) is 15.0 Å². The summed E-state index contributed by atoms with van der Waals surface area (Å²) >= 11 is 1.52. The molecular weight excluding hydrogens is 266 g/mol. The highest BCUT2D eigenvalue weighted by Gasteiger charge is 2.24. The highest BCUT2D eigenvalue weighted by atomic mass is 32.1. The van der Waals surface area contributed by atoms with E-state index in [-0.39, 0.29) is 6.42 Å². The molecule has 0 aliphatic heterocycles. The molecule has 1 aromatic heterocycles. The van der Waals surface area contributed by atoms with Crippen molar-refractivity contribution >= 4 is 23.4 Å². The number of thiazole rings is 1. The Hall–Kier alpha value is -1.24. The van der Waals surface area contributed by atoms with Crippen LogP contribution in [0.25, 0.3) is 6.08 Å². The van der Waals surface area contributed by atoms with Crippen LogP contribution in [0.1, 0.15) is 31.0 Å². The van der Waals surface area contributed by atoms with Crippen LogP contribution < -0.4 is 0 Å². The normalized spacial score (nSPS) is 17.0. The topological polar surface area (TPSA) is 90.7 Å². The van der Waals surface area contributed by atoms with E-state index in [0.717, 1.165) is 10.7 Å². The van der Waals surface area contributed by atoms with Crippen LogP contribution in [0.2, 0.25) is 0 Å². The average molecular weight is 285 g/mol. The first kappa shape index (κ1) is 15.8. The van der Waals surface area contributed by atoms with Crippen molar-refractivity contribution in [1.29, 1.82) is 0 Å². The van der Waals surface area contributed by atoms with Gasteiger partial charge in [0.1, 0.15) is 0 Å². The summed E-state index contributed by atoms with van der Waals surface area (Å²) in [6.07, 6.45) is -0.211. The molecule has 0 amide bonds. The van der Waals surface area contributed by atoms with Crippen LogP contribution in [0, 0.1) is 12.8 Å². The van der Waals surface area contributed by atoms with E-state index in [0.29, 0.717) is 5.57 Å². The SMILES string of the molecule is CC(=Cc1csc(C)n1)C(O)CC(O)C(C)C(=O)O. The second kappa shape index (κ2) is 6.79. The second-order valence-corrected chi connectivity index (χ2v) is 5.69. The molecule has 0 aliphatic rings. The van der Waals surface area contributed by atoms with E-state index in [1.807, 2.05) is 12.3 Å². The van der Waals surface area contributed by atoms with Gasteiger partial charge >= 0.3 is 5.97 Å². The standard InChI is InChI=1S/C13H19NO4S/c1-7(4-10-6-19-9(3)14-10)11(15)5-12(16)8(2)13(17)18/h4,6,8,11-12,15-16H,5H2,1-3H3,(H,17,18). The molecular formula is C13H19NO4S. The fourth-order valence-electron chi connectivity index (χ4n) is 1.56. The minimum Gasteiger partial charge on any atom is -0.481 e. The van der Waals surface area contributed by atoms with Crippen molar-refractivity contribution < 1.29 is 20.1 Å². The van der Waals surface area contributed by atoms with Gasteiger partial charge in [-0.2, -0.15) is 0 Å². The predicted molar refractivity (Wildman–Crippen MR) is 73.9 cm³/mol. The van der Waals surface area contributed by atoms with Gasteiger partial charge in [0.2, 0.25) is 0 Å². The average Bonchev–Trinajstić information content (AvgIpc) is 2.73. The zero-order valence-corrected chi connectivity index (χ0v) is 12.0. The summed E-state index contributed by atoms with van der Waals surface area (Å²) in [7, 11) is 0. The Morgan fingerprint density at radius 3 is 2.63 bits per heavy atom. The minimum atomic E-state index is -1.08. The number of carboxylic acid groups (broad SMARTS) is 1. The van der Waals surface area contributed by atoms with Gasteiger partial charge in [0, 0.05) is 11.8 Å². The number of aliphatic carboxylic acids is 1. The lowest BCUT2D eigenvalue weighted by Gasteiger charge is -2.19. The highest BCUT2D eigenvalue weighted by molar-refractivity contribution is 7.09. The molecule has 0 fully saturated rings. The number of aryl methyl sites for hydroxylation is 1. The zero-order chi connectivity index (χ0) is 14.6. The summed E-state index contributed by atoms with van der Waals surface area (Å²) in [5.74, 6) is -1.97. The Bertz CT molecular complexity index is 469.